The standard InChI is InChI=1S/C16H16Cl2N2O/c17-11-2-1-3-13(8-11)20-7-6-14(10-20)21-16-5-4-12(19)9-15(16)18/h1-5,8-9,14H,6-7,10,19H2/t14-/m0/s1. The van der Waals surface area contributed by atoms with Gasteiger partial charge in [0.1, 0.15) is 11.9 Å². The minimum Gasteiger partial charge on any atom is -0.487 e. The lowest BCUT2D eigenvalue weighted by molar-refractivity contribution is 0.225. The molecule has 1 aliphatic heterocycles. The van der Waals surface area contributed by atoms with E-state index < -0.39 is 0 Å². The lowest BCUT2D eigenvalue weighted by atomic mass is 10.3. The summed E-state index contributed by atoms with van der Waals surface area (Å²) in [5.41, 5.74) is 7.45. The van der Waals surface area contributed by atoms with Crippen molar-refractivity contribution in [2.24, 2.45) is 0 Å². The van der Waals surface area contributed by atoms with E-state index in [1.54, 1.807) is 12.1 Å². The topological polar surface area (TPSA) is 38.5 Å². The molecular formula is C16H16Cl2N2O. The molecule has 2 aromatic rings. The number of anilines is 2. The van der Waals surface area contributed by atoms with Gasteiger partial charge in [-0.15, -0.1) is 0 Å². The van der Waals surface area contributed by atoms with E-state index in [0.717, 1.165) is 30.2 Å². The zero-order chi connectivity index (χ0) is 14.8. The third-order valence-corrected chi connectivity index (χ3v) is 4.10. The highest BCUT2D eigenvalue weighted by molar-refractivity contribution is 6.32. The molecule has 110 valence electrons. The molecule has 0 amide bonds. The highest BCUT2D eigenvalue weighted by atomic mass is 35.5. The van der Waals surface area contributed by atoms with Crippen molar-refractivity contribution >= 4 is 34.6 Å². The highest BCUT2D eigenvalue weighted by Gasteiger charge is 2.25. The van der Waals surface area contributed by atoms with Gasteiger partial charge < -0.3 is 15.4 Å². The average Bonchev–Trinajstić information content (AvgIpc) is 2.91. The van der Waals surface area contributed by atoms with Crippen LogP contribution in [-0.4, -0.2) is 19.2 Å². The third kappa shape index (κ3) is 3.36. The van der Waals surface area contributed by atoms with Crippen molar-refractivity contribution in [3.8, 4) is 5.75 Å². The van der Waals surface area contributed by atoms with E-state index in [1.807, 2.05) is 24.3 Å². The summed E-state index contributed by atoms with van der Waals surface area (Å²) in [5, 5.41) is 1.30. The summed E-state index contributed by atoms with van der Waals surface area (Å²) in [6, 6.07) is 13.2. The molecule has 0 aromatic heterocycles. The van der Waals surface area contributed by atoms with Crippen LogP contribution in [-0.2, 0) is 0 Å². The number of rotatable bonds is 3. The van der Waals surface area contributed by atoms with Gasteiger partial charge in [-0.2, -0.15) is 0 Å². The molecule has 3 rings (SSSR count). The van der Waals surface area contributed by atoms with Gasteiger partial charge in [0, 0.05) is 29.4 Å². The molecule has 0 saturated carbocycles. The quantitative estimate of drug-likeness (QED) is 0.859. The summed E-state index contributed by atoms with van der Waals surface area (Å²) in [4.78, 5) is 2.27. The van der Waals surface area contributed by atoms with Crippen molar-refractivity contribution < 1.29 is 4.74 Å². The average molecular weight is 323 g/mol. The van der Waals surface area contributed by atoms with Crippen LogP contribution >= 0.6 is 23.2 Å². The van der Waals surface area contributed by atoms with Crippen LogP contribution in [0.1, 0.15) is 6.42 Å². The number of hydrogen-bond acceptors (Lipinski definition) is 3. The summed E-state index contributed by atoms with van der Waals surface area (Å²) in [5.74, 6) is 0.684. The molecule has 1 saturated heterocycles. The second-order valence-corrected chi connectivity index (χ2v) is 5.99. The Morgan fingerprint density at radius 2 is 2.00 bits per heavy atom. The fraction of sp³-hybridized carbons (Fsp3) is 0.250. The predicted molar refractivity (Wildman–Crippen MR) is 88.6 cm³/mol. The van der Waals surface area contributed by atoms with Crippen LogP contribution in [0.3, 0.4) is 0 Å². The summed E-state index contributed by atoms with van der Waals surface area (Å²) in [7, 11) is 0. The summed E-state index contributed by atoms with van der Waals surface area (Å²) in [6.45, 7) is 1.76. The molecule has 0 aliphatic carbocycles. The molecule has 0 radical (unpaired) electrons. The van der Waals surface area contributed by atoms with E-state index in [9.17, 15) is 0 Å². The number of ether oxygens (including phenoxy) is 1. The first-order valence-electron chi connectivity index (χ1n) is 6.84. The lowest BCUT2D eigenvalue weighted by Crippen LogP contribution is -2.24. The van der Waals surface area contributed by atoms with Crippen LogP contribution in [0.25, 0.3) is 0 Å². The molecule has 0 spiro atoms. The maximum atomic E-state index is 6.15. The van der Waals surface area contributed by atoms with Gasteiger partial charge in [-0.3, -0.25) is 0 Å². The van der Waals surface area contributed by atoms with Crippen LogP contribution in [0.5, 0.6) is 5.75 Å². The molecule has 2 aromatic carbocycles. The summed E-state index contributed by atoms with van der Waals surface area (Å²) in [6.07, 6.45) is 1.07. The third-order valence-electron chi connectivity index (χ3n) is 3.57. The molecule has 21 heavy (non-hydrogen) atoms. The van der Waals surface area contributed by atoms with Gasteiger partial charge in [0.25, 0.3) is 0 Å². The van der Waals surface area contributed by atoms with Crippen molar-refractivity contribution in [2.75, 3.05) is 23.7 Å². The molecule has 1 atom stereocenters. The molecule has 1 fully saturated rings. The molecular weight excluding hydrogens is 307 g/mol. The second-order valence-electron chi connectivity index (χ2n) is 5.14. The Morgan fingerprint density at radius 3 is 2.76 bits per heavy atom. The molecule has 0 unspecified atom stereocenters. The maximum absolute atomic E-state index is 6.15. The Morgan fingerprint density at radius 1 is 1.14 bits per heavy atom. The molecule has 3 nitrogen and oxygen atoms in total. The van der Waals surface area contributed by atoms with E-state index >= 15 is 0 Å². The van der Waals surface area contributed by atoms with Gasteiger partial charge >= 0.3 is 0 Å². The molecule has 5 heteroatoms. The first-order chi connectivity index (χ1) is 10.1. The minimum absolute atomic E-state index is 0.116. The van der Waals surface area contributed by atoms with Gasteiger partial charge in [0.05, 0.1) is 11.6 Å². The van der Waals surface area contributed by atoms with E-state index in [1.165, 1.54) is 0 Å². The molecule has 1 heterocycles. The lowest BCUT2D eigenvalue weighted by Gasteiger charge is -2.19. The number of hydrogen-bond donors (Lipinski definition) is 1. The second kappa shape index (κ2) is 6.04. The zero-order valence-corrected chi connectivity index (χ0v) is 12.9. The van der Waals surface area contributed by atoms with Gasteiger partial charge in [-0.05, 0) is 36.4 Å². The number of benzene rings is 2. The van der Waals surface area contributed by atoms with E-state index in [2.05, 4.69) is 11.0 Å². The minimum atomic E-state index is 0.116. The Balaban J connectivity index is 1.67. The smallest absolute Gasteiger partial charge is 0.138 e. The highest BCUT2D eigenvalue weighted by Crippen LogP contribution is 2.30. The van der Waals surface area contributed by atoms with Crippen molar-refractivity contribution in [1.29, 1.82) is 0 Å². The van der Waals surface area contributed by atoms with Gasteiger partial charge in [0.15, 0.2) is 0 Å². The fourth-order valence-corrected chi connectivity index (χ4v) is 2.94. The van der Waals surface area contributed by atoms with E-state index in [-0.39, 0.29) is 6.10 Å². The Hall–Kier alpha value is -1.58. The van der Waals surface area contributed by atoms with Gasteiger partial charge in [0.2, 0.25) is 0 Å². The van der Waals surface area contributed by atoms with Crippen LogP contribution in [0, 0.1) is 0 Å². The van der Waals surface area contributed by atoms with Crippen molar-refractivity contribution in [1.82, 2.24) is 0 Å². The van der Waals surface area contributed by atoms with E-state index in [0.29, 0.717) is 16.5 Å². The fourth-order valence-electron chi connectivity index (χ4n) is 2.52. The SMILES string of the molecule is Nc1ccc(O[C@H]2CCN(c3cccc(Cl)c3)C2)c(Cl)c1. The molecule has 0 bridgehead atoms. The van der Waals surface area contributed by atoms with Gasteiger partial charge in [-0.25, -0.2) is 0 Å². The Kier molecular flexibility index (Phi) is 4.13. The predicted octanol–water partition coefficient (Wildman–Crippen LogP) is 4.23. The van der Waals surface area contributed by atoms with E-state index in [4.69, 9.17) is 33.7 Å². The summed E-state index contributed by atoms with van der Waals surface area (Å²) < 4.78 is 5.98. The Bertz CT molecular complexity index is 648. The molecule has 1 aliphatic rings. The maximum Gasteiger partial charge on any atom is 0.138 e. The van der Waals surface area contributed by atoms with Crippen LogP contribution in [0.2, 0.25) is 10.0 Å². The van der Waals surface area contributed by atoms with Crippen LogP contribution < -0.4 is 15.4 Å². The van der Waals surface area contributed by atoms with Crippen LogP contribution in [0.15, 0.2) is 42.5 Å². The first-order valence-corrected chi connectivity index (χ1v) is 7.59. The van der Waals surface area contributed by atoms with Crippen LogP contribution in [0.4, 0.5) is 11.4 Å². The normalized spacial score (nSPS) is 18.0. The summed E-state index contributed by atoms with van der Waals surface area (Å²) >= 11 is 12.2. The number of nitrogens with zero attached hydrogens (tertiary/aromatic N) is 1. The van der Waals surface area contributed by atoms with Crippen molar-refractivity contribution in [2.45, 2.75) is 12.5 Å². The largest absolute Gasteiger partial charge is 0.487 e. The number of nitrogens with two attached hydrogens (primary N) is 1. The van der Waals surface area contributed by atoms with Crippen molar-refractivity contribution in [3.05, 3.63) is 52.5 Å². The van der Waals surface area contributed by atoms with Crippen molar-refractivity contribution in [3.63, 3.8) is 0 Å². The zero-order valence-electron chi connectivity index (χ0n) is 11.4. The number of halogens is 2. The first kappa shape index (κ1) is 14.4. The number of nitrogen functional groups attached to an aromatic ring is 1. The monoisotopic (exact) mass is 322 g/mol. The van der Waals surface area contributed by atoms with Gasteiger partial charge in [-0.1, -0.05) is 29.3 Å². The Labute approximate surface area is 134 Å². The molecule has 2 N–H and O–H groups in total.